The molecule has 2 heterocycles. The molecule has 3 rings (SSSR count). The van der Waals surface area contributed by atoms with Crippen molar-refractivity contribution in [3.8, 4) is 5.75 Å². The molecule has 1 aromatic carbocycles. The molecule has 0 saturated carbocycles. The maximum atomic E-state index is 10.7. The standard InChI is InChI=1S/C19H22N4O2/c1-3-23(4-2)10-11-25-17-12-15(13-21-24)22-19-16(17)8-7-14-6-5-9-20-18(14)19/h5-9,12H,3-4,10-11,13H2,1-2H3. The van der Waals surface area contributed by atoms with Gasteiger partial charge in [-0.05, 0) is 25.2 Å². The lowest BCUT2D eigenvalue weighted by Gasteiger charge is -2.18. The van der Waals surface area contributed by atoms with Gasteiger partial charge in [-0.25, -0.2) is 4.98 Å². The fourth-order valence-electron chi connectivity index (χ4n) is 2.94. The second kappa shape index (κ2) is 7.98. The number of pyridine rings is 2. The quantitative estimate of drug-likeness (QED) is 0.462. The number of hydrogen-bond acceptors (Lipinski definition) is 6. The van der Waals surface area contributed by atoms with Crippen LogP contribution in [0.2, 0.25) is 0 Å². The number of aromatic nitrogens is 2. The largest absolute Gasteiger partial charge is 0.491 e. The number of likely N-dealkylation sites (N-methyl/N-ethyl adjacent to an activating group) is 1. The first kappa shape index (κ1) is 17.2. The zero-order chi connectivity index (χ0) is 17.6. The van der Waals surface area contributed by atoms with E-state index in [-0.39, 0.29) is 6.54 Å². The van der Waals surface area contributed by atoms with Crippen LogP contribution in [0.5, 0.6) is 5.75 Å². The first-order valence-corrected chi connectivity index (χ1v) is 8.58. The molecular formula is C19H22N4O2. The molecular weight excluding hydrogens is 316 g/mol. The van der Waals surface area contributed by atoms with E-state index in [9.17, 15) is 4.91 Å². The molecule has 3 aromatic rings. The molecule has 0 unspecified atom stereocenters. The Balaban J connectivity index is 2.00. The predicted octanol–water partition coefficient (Wildman–Crippen LogP) is 3.77. The summed E-state index contributed by atoms with van der Waals surface area (Å²) in [5.41, 5.74) is 2.15. The summed E-state index contributed by atoms with van der Waals surface area (Å²) in [4.78, 5) is 22.0. The highest BCUT2D eigenvalue weighted by Crippen LogP contribution is 2.30. The zero-order valence-electron chi connectivity index (χ0n) is 14.6. The van der Waals surface area contributed by atoms with Gasteiger partial charge in [-0.15, -0.1) is 0 Å². The van der Waals surface area contributed by atoms with E-state index in [4.69, 9.17) is 4.74 Å². The van der Waals surface area contributed by atoms with Gasteiger partial charge in [0, 0.05) is 29.6 Å². The maximum absolute atomic E-state index is 10.7. The molecule has 130 valence electrons. The summed E-state index contributed by atoms with van der Waals surface area (Å²) in [6.07, 6.45) is 1.75. The first-order chi connectivity index (χ1) is 12.3. The Morgan fingerprint density at radius 2 is 2.00 bits per heavy atom. The molecule has 2 aromatic heterocycles. The molecule has 0 aliphatic carbocycles. The molecule has 0 spiro atoms. The summed E-state index contributed by atoms with van der Waals surface area (Å²) in [6, 6.07) is 9.71. The van der Waals surface area contributed by atoms with Crippen molar-refractivity contribution in [2.75, 3.05) is 26.2 Å². The maximum Gasteiger partial charge on any atom is 0.130 e. The van der Waals surface area contributed by atoms with E-state index >= 15 is 0 Å². The van der Waals surface area contributed by atoms with Crippen LogP contribution in [0.3, 0.4) is 0 Å². The van der Waals surface area contributed by atoms with Crippen molar-refractivity contribution in [2.45, 2.75) is 20.4 Å². The highest BCUT2D eigenvalue weighted by Gasteiger charge is 2.11. The average molecular weight is 338 g/mol. The fraction of sp³-hybridized carbons (Fsp3) is 0.368. The second-order valence-electron chi connectivity index (χ2n) is 5.81. The Morgan fingerprint density at radius 1 is 1.16 bits per heavy atom. The summed E-state index contributed by atoms with van der Waals surface area (Å²) >= 11 is 0. The minimum atomic E-state index is 0.0194. The summed E-state index contributed by atoms with van der Waals surface area (Å²) in [5.74, 6) is 0.725. The Labute approximate surface area is 146 Å². The molecule has 6 heteroatoms. The van der Waals surface area contributed by atoms with Crippen LogP contribution in [-0.2, 0) is 6.54 Å². The smallest absolute Gasteiger partial charge is 0.130 e. The van der Waals surface area contributed by atoms with Crippen molar-refractivity contribution in [1.82, 2.24) is 14.9 Å². The monoisotopic (exact) mass is 338 g/mol. The van der Waals surface area contributed by atoms with Crippen molar-refractivity contribution in [3.05, 3.63) is 47.1 Å². The van der Waals surface area contributed by atoms with Gasteiger partial charge >= 0.3 is 0 Å². The van der Waals surface area contributed by atoms with Gasteiger partial charge in [0.15, 0.2) is 0 Å². The number of nitroso groups, excluding NO2 is 1. The molecule has 0 amide bonds. The van der Waals surface area contributed by atoms with Crippen LogP contribution in [0, 0.1) is 4.91 Å². The molecule has 0 N–H and O–H groups in total. The number of nitrogens with zero attached hydrogens (tertiary/aromatic N) is 4. The van der Waals surface area contributed by atoms with Gasteiger partial charge in [0.2, 0.25) is 0 Å². The number of fused-ring (bicyclic) bond motifs is 3. The normalized spacial score (nSPS) is 11.3. The highest BCUT2D eigenvalue weighted by molar-refractivity contribution is 6.04. The van der Waals surface area contributed by atoms with E-state index in [0.29, 0.717) is 12.3 Å². The van der Waals surface area contributed by atoms with Gasteiger partial charge in [0.1, 0.15) is 24.4 Å². The summed E-state index contributed by atoms with van der Waals surface area (Å²) in [6.45, 7) is 7.70. The molecule has 0 fully saturated rings. The molecule has 0 radical (unpaired) electrons. The van der Waals surface area contributed by atoms with Crippen LogP contribution in [0.4, 0.5) is 0 Å². The van der Waals surface area contributed by atoms with Crippen LogP contribution < -0.4 is 4.74 Å². The van der Waals surface area contributed by atoms with Crippen LogP contribution in [0.15, 0.2) is 41.7 Å². The number of benzene rings is 1. The van der Waals surface area contributed by atoms with Crippen LogP contribution in [0.1, 0.15) is 19.5 Å². The van der Waals surface area contributed by atoms with Crippen LogP contribution in [0.25, 0.3) is 21.8 Å². The minimum Gasteiger partial charge on any atom is -0.491 e. The Morgan fingerprint density at radius 3 is 2.76 bits per heavy atom. The first-order valence-electron chi connectivity index (χ1n) is 8.58. The van der Waals surface area contributed by atoms with Gasteiger partial charge in [-0.2, -0.15) is 4.91 Å². The van der Waals surface area contributed by atoms with Gasteiger partial charge in [0.05, 0.1) is 11.2 Å². The summed E-state index contributed by atoms with van der Waals surface area (Å²) in [7, 11) is 0. The van der Waals surface area contributed by atoms with E-state index in [2.05, 4.69) is 33.9 Å². The Bertz CT molecular complexity index is 878. The molecule has 0 aliphatic heterocycles. The minimum absolute atomic E-state index is 0.0194. The lowest BCUT2D eigenvalue weighted by molar-refractivity contribution is 0.224. The topological polar surface area (TPSA) is 67.7 Å². The van der Waals surface area contributed by atoms with E-state index < -0.39 is 0 Å². The van der Waals surface area contributed by atoms with Crippen molar-refractivity contribution in [3.63, 3.8) is 0 Å². The second-order valence-corrected chi connectivity index (χ2v) is 5.81. The van der Waals surface area contributed by atoms with Crippen molar-refractivity contribution in [2.24, 2.45) is 5.18 Å². The summed E-state index contributed by atoms with van der Waals surface area (Å²) in [5, 5.41) is 4.88. The van der Waals surface area contributed by atoms with Gasteiger partial charge in [-0.3, -0.25) is 4.98 Å². The van der Waals surface area contributed by atoms with Crippen LogP contribution >= 0.6 is 0 Å². The SMILES string of the molecule is CCN(CC)CCOc1cc(CN=O)nc2c1ccc1cccnc12. The number of rotatable bonds is 8. The molecule has 0 saturated heterocycles. The van der Waals surface area contributed by atoms with Gasteiger partial charge < -0.3 is 9.64 Å². The van der Waals surface area contributed by atoms with Crippen LogP contribution in [-0.4, -0.2) is 41.1 Å². The number of ether oxygens (including phenoxy) is 1. The van der Waals surface area contributed by atoms with E-state index in [1.54, 1.807) is 12.3 Å². The Hall–Kier alpha value is -2.60. The predicted molar refractivity (Wildman–Crippen MR) is 99.8 cm³/mol. The fourth-order valence-corrected chi connectivity index (χ4v) is 2.94. The third-order valence-corrected chi connectivity index (χ3v) is 4.35. The zero-order valence-corrected chi connectivity index (χ0v) is 14.6. The average Bonchev–Trinajstić information content (AvgIpc) is 2.65. The molecule has 0 bridgehead atoms. The Kier molecular flexibility index (Phi) is 5.50. The van der Waals surface area contributed by atoms with Gasteiger partial charge in [0.25, 0.3) is 0 Å². The van der Waals surface area contributed by atoms with Gasteiger partial charge in [-0.1, -0.05) is 31.2 Å². The lowest BCUT2D eigenvalue weighted by Crippen LogP contribution is -2.27. The third-order valence-electron chi connectivity index (χ3n) is 4.35. The van der Waals surface area contributed by atoms with E-state index in [1.807, 2.05) is 24.3 Å². The summed E-state index contributed by atoms with van der Waals surface area (Å²) < 4.78 is 6.04. The molecule has 0 aliphatic rings. The highest BCUT2D eigenvalue weighted by atomic mass is 16.5. The van der Waals surface area contributed by atoms with Crippen molar-refractivity contribution < 1.29 is 4.74 Å². The lowest BCUT2D eigenvalue weighted by atomic mass is 10.1. The van der Waals surface area contributed by atoms with Crippen molar-refractivity contribution in [1.29, 1.82) is 0 Å². The van der Waals surface area contributed by atoms with E-state index in [1.165, 1.54) is 0 Å². The molecule has 0 atom stereocenters. The van der Waals surface area contributed by atoms with Crippen molar-refractivity contribution >= 4 is 21.8 Å². The number of hydrogen-bond donors (Lipinski definition) is 0. The molecule has 6 nitrogen and oxygen atoms in total. The third kappa shape index (κ3) is 3.74. The van der Waals surface area contributed by atoms with E-state index in [0.717, 1.165) is 47.2 Å². The molecule has 25 heavy (non-hydrogen) atoms.